The molecule has 0 bridgehead atoms. The zero-order valence-corrected chi connectivity index (χ0v) is 15.6. The number of sulfonamides is 1. The van der Waals surface area contributed by atoms with Gasteiger partial charge in [-0.15, -0.1) is 0 Å². The van der Waals surface area contributed by atoms with Crippen molar-refractivity contribution in [3.05, 3.63) is 29.8 Å². The number of rotatable bonds is 5. The van der Waals surface area contributed by atoms with Crippen LogP contribution >= 0.6 is 0 Å². The zero-order chi connectivity index (χ0) is 18.2. The summed E-state index contributed by atoms with van der Waals surface area (Å²) in [6.07, 6.45) is 1.36. The molecule has 1 atom stereocenters. The lowest BCUT2D eigenvalue weighted by atomic mass is 10.0. The van der Waals surface area contributed by atoms with E-state index >= 15 is 0 Å². The van der Waals surface area contributed by atoms with E-state index in [1.54, 1.807) is 38.1 Å². The average molecular weight is 374 g/mol. The van der Waals surface area contributed by atoms with Crippen LogP contribution in [0.25, 0.3) is 0 Å². The van der Waals surface area contributed by atoms with Gasteiger partial charge in [0.05, 0.1) is 29.0 Å². The van der Waals surface area contributed by atoms with Crippen LogP contribution in [0.4, 0.5) is 5.69 Å². The molecule has 1 aromatic carbocycles. The lowest BCUT2D eigenvalue weighted by molar-refractivity contribution is -0.121. The van der Waals surface area contributed by atoms with E-state index in [0.29, 0.717) is 12.1 Å². The molecule has 1 heterocycles. The number of amides is 1. The third-order valence-electron chi connectivity index (χ3n) is 4.02. The first-order chi connectivity index (χ1) is 10.9. The Morgan fingerprint density at radius 1 is 1.33 bits per heavy atom. The van der Waals surface area contributed by atoms with Crippen molar-refractivity contribution < 1.29 is 21.6 Å². The number of aryl methyl sites for hydroxylation is 1. The smallest absolute Gasteiger partial charge is 0.241 e. The van der Waals surface area contributed by atoms with Crippen molar-refractivity contribution in [1.82, 2.24) is 5.32 Å². The maximum absolute atomic E-state index is 12.3. The molecular formula is C15H22N2O5S2. The molecule has 1 saturated heterocycles. The van der Waals surface area contributed by atoms with Gasteiger partial charge in [-0.3, -0.25) is 9.10 Å². The number of carbonyl (C=O) groups excluding carboxylic acids is 1. The van der Waals surface area contributed by atoms with Crippen molar-refractivity contribution in [2.45, 2.75) is 25.8 Å². The average Bonchev–Trinajstić information content (AvgIpc) is 2.69. The standard InChI is InChI=1S/C15H22N2O5S2/c1-12-6-4-5-7-13(12)17(23(3,19)20)10-14(18)16-15(2)8-9-24(21,22)11-15/h4-7H,8-11H2,1-3H3,(H,16,18)/t15-/m0/s1. The van der Waals surface area contributed by atoms with Crippen LogP contribution in [-0.2, 0) is 24.7 Å². The summed E-state index contributed by atoms with van der Waals surface area (Å²) < 4.78 is 48.4. The molecule has 1 aliphatic heterocycles. The predicted molar refractivity (Wildman–Crippen MR) is 93.2 cm³/mol. The van der Waals surface area contributed by atoms with Gasteiger partial charge in [-0.2, -0.15) is 0 Å². The maximum Gasteiger partial charge on any atom is 0.241 e. The van der Waals surface area contributed by atoms with Gasteiger partial charge in [-0.1, -0.05) is 18.2 Å². The molecule has 0 aliphatic carbocycles. The van der Waals surface area contributed by atoms with Crippen molar-refractivity contribution >= 4 is 31.5 Å². The van der Waals surface area contributed by atoms with Gasteiger partial charge in [0.25, 0.3) is 0 Å². The van der Waals surface area contributed by atoms with Crippen LogP contribution in [0.5, 0.6) is 0 Å². The summed E-state index contributed by atoms with van der Waals surface area (Å²) in [5, 5.41) is 2.68. The first kappa shape index (κ1) is 18.7. The van der Waals surface area contributed by atoms with Gasteiger partial charge in [-0.25, -0.2) is 16.8 Å². The fraction of sp³-hybridized carbons (Fsp3) is 0.533. The molecule has 24 heavy (non-hydrogen) atoms. The fourth-order valence-corrected chi connectivity index (χ4v) is 5.85. The van der Waals surface area contributed by atoms with E-state index in [1.807, 2.05) is 0 Å². The number of nitrogens with one attached hydrogen (secondary N) is 1. The summed E-state index contributed by atoms with van der Waals surface area (Å²) in [6.45, 7) is 3.03. The summed E-state index contributed by atoms with van der Waals surface area (Å²) in [5.41, 5.74) is 0.301. The number of nitrogens with zero attached hydrogens (tertiary/aromatic N) is 1. The molecule has 1 amide bonds. The minimum absolute atomic E-state index is 0.0252. The molecule has 1 N–H and O–H groups in total. The molecule has 1 aliphatic rings. The highest BCUT2D eigenvalue weighted by atomic mass is 32.2. The van der Waals surface area contributed by atoms with Crippen molar-refractivity contribution in [2.24, 2.45) is 0 Å². The number of benzene rings is 1. The Morgan fingerprint density at radius 3 is 2.46 bits per heavy atom. The molecule has 0 aromatic heterocycles. The van der Waals surface area contributed by atoms with E-state index in [9.17, 15) is 21.6 Å². The second-order valence-corrected chi connectivity index (χ2v) is 10.6. The van der Waals surface area contributed by atoms with E-state index in [2.05, 4.69) is 5.32 Å². The Balaban J connectivity index is 2.19. The molecular weight excluding hydrogens is 352 g/mol. The molecule has 0 spiro atoms. The van der Waals surface area contributed by atoms with Crippen LogP contribution in [-0.4, -0.2) is 52.6 Å². The first-order valence-corrected chi connectivity index (χ1v) is 11.1. The summed E-state index contributed by atoms with van der Waals surface area (Å²) in [6, 6.07) is 6.87. The number of sulfone groups is 1. The van der Waals surface area contributed by atoms with Crippen molar-refractivity contribution in [3.63, 3.8) is 0 Å². The van der Waals surface area contributed by atoms with E-state index in [1.165, 1.54) is 0 Å². The van der Waals surface area contributed by atoms with Gasteiger partial charge in [-0.05, 0) is 31.9 Å². The van der Waals surface area contributed by atoms with Gasteiger partial charge in [0.2, 0.25) is 15.9 Å². The summed E-state index contributed by atoms with van der Waals surface area (Å²) in [7, 11) is -6.82. The van der Waals surface area contributed by atoms with Crippen LogP contribution < -0.4 is 9.62 Å². The van der Waals surface area contributed by atoms with Gasteiger partial charge >= 0.3 is 0 Å². The highest BCUT2D eigenvalue weighted by Crippen LogP contribution is 2.24. The van der Waals surface area contributed by atoms with Crippen LogP contribution in [0.15, 0.2) is 24.3 Å². The fourth-order valence-electron chi connectivity index (χ4n) is 2.84. The van der Waals surface area contributed by atoms with Gasteiger partial charge in [0.15, 0.2) is 9.84 Å². The maximum atomic E-state index is 12.3. The van der Waals surface area contributed by atoms with Crippen molar-refractivity contribution in [1.29, 1.82) is 0 Å². The van der Waals surface area contributed by atoms with Gasteiger partial charge in [0.1, 0.15) is 6.54 Å². The first-order valence-electron chi connectivity index (χ1n) is 7.47. The van der Waals surface area contributed by atoms with Crippen LogP contribution in [0.1, 0.15) is 18.9 Å². The molecule has 1 aromatic rings. The Kier molecular flexibility index (Phi) is 4.96. The largest absolute Gasteiger partial charge is 0.348 e. The normalized spacial score (nSPS) is 23.0. The third kappa shape index (κ3) is 4.47. The van der Waals surface area contributed by atoms with Gasteiger partial charge < -0.3 is 5.32 Å². The van der Waals surface area contributed by atoms with Crippen LogP contribution in [0.3, 0.4) is 0 Å². The topological polar surface area (TPSA) is 101 Å². The van der Waals surface area contributed by atoms with Gasteiger partial charge in [0, 0.05) is 0 Å². The molecule has 9 heteroatoms. The Hall–Kier alpha value is -1.61. The highest BCUT2D eigenvalue weighted by Gasteiger charge is 2.39. The minimum Gasteiger partial charge on any atom is -0.348 e. The predicted octanol–water partition coefficient (Wildman–Crippen LogP) is 0.454. The second kappa shape index (κ2) is 6.36. The number of para-hydroxylation sites is 1. The van der Waals surface area contributed by atoms with Crippen molar-refractivity contribution in [2.75, 3.05) is 28.6 Å². The molecule has 0 unspecified atom stereocenters. The van der Waals surface area contributed by atoms with E-state index in [0.717, 1.165) is 16.1 Å². The Labute approximate surface area is 143 Å². The number of carbonyl (C=O) groups is 1. The second-order valence-electron chi connectivity index (χ2n) is 6.51. The molecule has 134 valence electrons. The number of hydrogen-bond acceptors (Lipinski definition) is 5. The highest BCUT2D eigenvalue weighted by molar-refractivity contribution is 7.92. The summed E-state index contributed by atoms with van der Waals surface area (Å²) in [5.74, 6) is -0.630. The Morgan fingerprint density at radius 2 is 1.96 bits per heavy atom. The lowest BCUT2D eigenvalue weighted by Gasteiger charge is -2.28. The SMILES string of the molecule is Cc1ccccc1N(CC(=O)N[C@@]1(C)CCS(=O)(=O)C1)S(C)(=O)=O. The van der Waals surface area contributed by atoms with Crippen molar-refractivity contribution in [3.8, 4) is 0 Å². The quantitative estimate of drug-likeness (QED) is 0.807. The third-order valence-corrected chi connectivity index (χ3v) is 7.05. The minimum atomic E-state index is -3.66. The molecule has 2 rings (SSSR count). The van der Waals surface area contributed by atoms with Crippen LogP contribution in [0, 0.1) is 6.92 Å². The molecule has 7 nitrogen and oxygen atoms in total. The molecule has 1 fully saturated rings. The number of hydrogen-bond donors (Lipinski definition) is 1. The number of anilines is 1. The Bertz CT molecular complexity index is 848. The van der Waals surface area contributed by atoms with E-state index in [4.69, 9.17) is 0 Å². The van der Waals surface area contributed by atoms with Crippen LogP contribution in [0.2, 0.25) is 0 Å². The molecule has 0 radical (unpaired) electrons. The molecule has 0 saturated carbocycles. The lowest BCUT2D eigenvalue weighted by Crippen LogP contribution is -2.51. The van der Waals surface area contributed by atoms with E-state index < -0.39 is 31.3 Å². The summed E-state index contributed by atoms with van der Waals surface area (Å²) >= 11 is 0. The summed E-state index contributed by atoms with van der Waals surface area (Å²) in [4.78, 5) is 12.3. The zero-order valence-electron chi connectivity index (χ0n) is 13.9. The monoisotopic (exact) mass is 374 g/mol. The van der Waals surface area contributed by atoms with E-state index in [-0.39, 0.29) is 18.1 Å².